The fourth-order valence-corrected chi connectivity index (χ4v) is 3.56. The van der Waals surface area contributed by atoms with Crippen LogP contribution in [-0.4, -0.2) is 40.3 Å². The van der Waals surface area contributed by atoms with E-state index in [-0.39, 0.29) is 17.5 Å². The molecule has 3 unspecified atom stereocenters. The lowest BCUT2D eigenvalue weighted by Gasteiger charge is -2.25. The molecule has 1 aromatic rings. The molecule has 2 saturated heterocycles. The van der Waals surface area contributed by atoms with Gasteiger partial charge in [-0.25, -0.2) is 0 Å². The summed E-state index contributed by atoms with van der Waals surface area (Å²) in [6.45, 7) is 4.52. The molecule has 3 atom stereocenters. The van der Waals surface area contributed by atoms with Gasteiger partial charge in [-0.1, -0.05) is 0 Å². The molecule has 2 fully saturated rings. The molecule has 0 spiro atoms. The zero-order chi connectivity index (χ0) is 13.4. The van der Waals surface area contributed by atoms with Gasteiger partial charge in [0.05, 0.1) is 0 Å². The molecule has 0 aliphatic carbocycles. The number of fused-ring (bicyclic) bond motifs is 1. The van der Waals surface area contributed by atoms with E-state index in [2.05, 4.69) is 17.1 Å². The van der Waals surface area contributed by atoms with Gasteiger partial charge < -0.3 is 15.5 Å². The van der Waals surface area contributed by atoms with E-state index in [9.17, 15) is 10.2 Å². The minimum Gasteiger partial charge on any atom is -0.508 e. The van der Waals surface area contributed by atoms with Crippen molar-refractivity contribution in [3.05, 3.63) is 23.8 Å². The zero-order valence-corrected chi connectivity index (χ0v) is 11.3. The van der Waals surface area contributed by atoms with Crippen LogP contribution in [0.4, 0.5) is 0 Å². The molecule has 104 valence electrons. The van der Waals surface area contributed by atoms with Crippen LogP contribution in [0.2, 0.25) is 0 Å². The van der Waals surface area contributed by atoms with Gasteiger partial charge in [0, 0.05) is 30.7 Å². The van der Waals surface area contributed by atoms with Gasteiger partial charge in [-0.15, -0.1) is 0 Å². The van der Waals surface area contributed by atoms with Crippen LogP contribution in [0.25, 0.3) is 0 Å². The fraction of sp³-hybridized carbons (Fsp3) is 0.600. The van der Waals surface area contributed by atoms with Crippen molar-refractivity contribution in [2.24, 2.45) is 0 Å². The van der Waals surface area contributed by atoms with E-state index in [0.29, 0.717) is 12.1 Å². The molecule has 0 aromatic heterocycles. The van der Waals surface area contributed by atoms with Gasteiger partial charge in [0.1, 0.15) is 11.5 Å². The topological polar surface area (TPSA) is 55.7 Å². The molecular formula is C15H22N2O2. The molecule has 3 N–H and O–H groups in total. The minimum absolute atomic E-state index is 0.123. The molecule has 2 aliphatic heterocycles. The Morgan fingerprint density at radius 1 is 1.16 bits per heavy atom. The number of hydrogen-bond donors (Lipinski definition) is 3. The van der Waals surface area contributed by atoms with Crippen molar-refractivity contribution in [1.82, 2.24) is 10.2 Å². The van der Waals surface area contributed by atoms with Crippen LogP contribution in [0.1, 0.15) is 37.8 Å². The molecule has 2 aliphatic rings. The summed E-state index contributed by atoms with van der Waals surface area (Å²) in [6, 6.07) is 6.15. The first-order chi connectivity index (χ1) is 9.13. The first-order valence-corrected chi connectivity index (χ1v) is 7.16. The summed E-state index contributed by atoms with van der Waals surface area (Å²) in [5.41, 5.74) is 0.939. The third-order valence-electron chi connectivity index (χ3n) is 4.49. The summed E-state index contributed by atoms with van der Waals surface area (Å²) in [7, 11) is 0. The van der Waals surface area contributed by atoms with E-state index >= 15 is 0 Å². The van der Waals surface area contributed by atoms with Crippen molar-refractivity contribution < 1.29 is 10.2 Å². The summed E-state index contributed by atoms with van der Waals surface area (Å²) >= 11 is 0. The van der Waals surface area contributed by atoms with Crippen molar-refractivity contribution in [3.8, 4) is 11.5 Å². The Morgan fingerprint density at radius 3 is 2.63 bits per heavy atom. The van der Waals surface area contributed by atoms with Crippen molar-refractivity contribution in [2.75, 3.05) is 13.1 Å². The third kappa shape index (κ3) is 2.55. The van der Waals surface area contributed by atoms with E-state index in [1.807, 2.05) is 0 Å². The highest BCUT2D eigenvalue weighted by Crippen LogP contribution is 2.31. The first kappa shape index (κ1) is 12.8. The number of hydrogen-bond acceptors (Lipinski definition) is 4. The second kappa shape index (κ2) is 5.02. The van der Waals surface area contributed by atoms with Gasteiger partial charge in [0.15, 0.2) is 0 Å². The molecule has 4 nitrogen and oxygen atoms in total. The maximum absolute atomic E-state index is 9.56. The Kier molecular flexibility index (Phi) is 3.37. The number of phenolic OH excluding ortho intramolecular Hbond substituents is 2. The highest BCUT2D eigenvalue weighted by molar-refractivity contribution is 5.38. The van der Waals surface area contributed by atoms with E-state index in [4.69, 9.17) is 0 Å². The Hall–Kier alpha value is -1.26. The summed E-state index contributed by atoms with van der Waals surface area (Å²) in [4.78, 5) is 2.57. The van der Waals surface area contributed by atoms with Gasteiger partial charge in [-0.3, -0.25) is 4.90 Å². The minimum atomic E-state index is 0.123. The maximum atomic E-state index is 9.56. The van der Waals surface area contributed by atoms with Gasteiger partial charge >= 0.3 is 0 Å². The van der Waals surface area contributed by atoms with Gasteiger partial charge in [0.25, 0.3) is 0 Å². The Balaban J connectivity index is 1.69. The second-order valence-corrected chi connectivity index (χ2v) is 5.81. The molecule has 1 aromatic carbocycles. The van der Waals surface area contributed by atoms with Gasteiger partial charge in [-0.2, -0.15) is 0 Å². The molecular weight excluding hydrogens is 240 g/mol. The lowest BCUT2D eigenvalue weighted by molar-refractivity contribution is 0.291. The van der Waals surface area contributed by atoms with E-state index in [1.165, 1.54) is 38.4 Å². The standard InChI is InChI=1S/C15H22N2O2/c1-10(11-7-12(18)9-13(19)8-11)16-14-4-6-17-5-2-3-15(14)17/h7-10,14-16,18-19H,2-6H2,1H3. The van der Waals surface area contributed by atoms with Crippen LogP contribution in [0.5, 0.6) is 11.5 Å². The SMILES string of the molecule is CC(NC1CCN2CCCC12)c1cc(O)cc(O)c1. The molecule has 0 amide bonds. The summed E-state index contributed by atoms with van der Waals surface area (Å²) < 4.78 is 0. The van der Waals surface area contributed by atoms with E-state index in [0.717, 1.165) is 5.56 Å². The number of phenols is 2. The molecule has 0 saturated carbocycles. The van der Waals surface area contributed by atoms with E-state index < -0.39 is 0 Å². The lowest BCUT2D eigenvalue weighted by Crippen LogP contribution is -2.40. The van der Waals surface area contributed by atoms with Gasteiger partial charge in [-0.05, 0) is 50.4 Å². The first-order valence-electron chi connectivity index (χ1n) is 7.16. The number of nitrogens with one attached hydrogen (secondary N) is 1. The maximum Gasteiger partial charge on any atom is 0.119 e. The molecule has 2 heterocycles. The number of benzene rings is 1. The average Bonchev–Trinajstić information content (AvgIpc) is 2.92. The third-order valence-corrected chi connectivity index (χ3v) is 4.49. The second-order valence-electron chi connectivity index (χ2n) is 5.81. The van der Waals surface area contributed by atoms with Crippen LogP contribution in [0, 0.1) is 0 Å². The van der Waals surface area contributed by atoms with Crippen molar-refractivity contribution in [2.45, 2.75) is 44.3 Å². The highest BCUT2D eigenvalue weighted by atomic mass is 16.3. The summed E-state index contributed by atoms with van der Waals surface area (Å²) in [6.07, 6.45) is 3.79. The van der Waals surface area contributed by atoms with E-state index in [1.54, 1.807) is 12.1 Å². The molecule has 0 bridgehead atoms. The smallest absolute Gasteiger partial charge is 0.119 e. The van der Waals surface area contributed by atoms with Crippen LogP contribution in [-0.2, 0) is 0 Å². The van der Waals surface area contributed by atoms with Crippen LogP contribution in [0.3, 0.4) is 0 Å². The summed E-state index contributed by atoms with van der Waals surface area (Å²) in [5, 5.41) is 22.8. The fourth-order valence-electron chi connectivity index (χ4n) is 3.56. The zero-order valence-electron chi connectivity index (χ0n) is 11.3. The Labute approximate surface area is 114 Å². The average molecular weight is 262 g/mol. The predicted octanol–water partition coefficient (Wildman–Crippen LogP) is 1.99. The van der Waals surface area contributed by atoms with Crippen LogP contribution >= 0.6 is 0 Å². The number of nitrogens with zero attached hydrogens (tertiary/aromatic N) is 1. The van der Waals surface area contributed by atoms with Crippen molar-refractivity contribution in [3.63, 3.8) is 0 Å². The van der Waals surface area contributed by atoms with Gasteiger partial charge in [0.2, 0.25) is 0 Å². The Morgan fingerprint density at radius 2 is 1.89 bits per heavy atom. The van der Waals surface area contributed by atoms with Crippen LogP contribution in [0.15, 0.2) is 18.2 Å². The lowest BCUT2D eigenvalue weighted by atomic mass is 10.0. The molecule has 19 heavy (non-hydrogen) atoms. The molecule has 3 rings (SSSR count). The molecule has 0 radical (unpaired) electrons. The van der Waals surface area contributed by atoms with Crippen molar-refractivity contribution in [1.29, 1.82) is 0 Å². The van der Waals surface area contributed by atoms with Crippen LogP contribution < -0.4 is 5.32 Å². The number of aromatic hydroxyl groups is 2. The van der Waals surface area contributed by atoms with Crippen molar-refractivity contribution >= 4 is 0 Å². The Bertz CT molecular complexity index is 443. The monoisotopic (exact) mass is 262 g/mol. The normalized spacial score (nSPS) is 28.5. The summed E-state index contributed by atoms with van der Waals surface area (Å²) in [5.74, 6) is 0.245. The quantitative estimate of drug-likeness (QED) is 0.779. The number of rotatable bonds is 3. The molecule has 4 heteroatoms. The predicted molar refractivity (Wildman–Crippen MR) is 74.3 cm³/mol. The highest BCUT2D eigenvalue weighted by Gasteiger charge is 2.37. The largest absolute Gasteiger partial charge is 0.508 e.